The standard InChI is InChI=1S/C17H19N7/c1-2-3-6-15-19-10-14(22-15)17-18-8-9-23(17)11-13-5-4-7-16-20-12-21-24(13)16/h4-5,7-10,12H,2-3,6,11H2,1H3,(H,19,22). The van der Waals surface area contributed by atoms with Gasteiger partial charge in [-0.1, -0.05) is 19.4 Å². The molecule has 7 nitrogen and oxygen atoms in total. The molecule has 0 aliphatic carbocycles. The largest absolute Gasteiger partial charge is 0.339 e. The van der Waals surface area contributed by atoms with Crippen LogP contribution in [0.4, 0.5) is 0 Å². The Bertz CT molecular complexity index is 947. The van der Waals surface area contributed by atoms with Gasteiger partial charge in [0.2, 0.25) is 0 Å². The molecular weight excluding hydrogens is 302 g/mol. The molecule has 7 heteroatoms. The van der Waals surface area contributed by atoms with E-state index in [2.05, 4.69) is 36.5 Å². The van der Waals surface area contributed by atoms with Crippen LogP contribution in [0.5, 0.6) is 0 Å². The molecule has 0 spiro atoms. The van der Waals surface area contributed by atoms with E-state index < -0.39 is 0 Å². The molecule has 0 amide bonds. The second-order valence-electron chi connectivity index (χ2n) is 5.77. The molecule has 0 aromatic carbocycles. The van der Waals surface area contributed by atoms with Gasteiger partial charge in [-0.05, 0) is 18.6 Å². The lowest BCUT2D eigenvalue weighted by Gasteiger charge is -2.08. The van der Waals surface area contributed by atoms with Crippen molar-refractivity contribution in [1.82, 2.24) is 34.1 Å². The van der Waals surface area contributed by atoms with Crippen LogP contribution in [0.3, 0.4) is 0 Å². The summed E-state index contributed by atoms with van der Waals surface area (Å²) >= 11 is 0. The van der Waals surface area contributed by atoms with Gasteiger partial charge < -0.3 is 9.55 Å². The first kappa shape index (κ1) is 14.6. The summed E-state index contributed by atoms with van der Waals surface area (Å²) in [6.45, 7) is 2.85. The van der Waals surface area contributed by atoms with Crippen molar-refractivity contribution in [3.05, 3.63) is 54.6 Å². The van der Waals surface area contributed by atoms with Gasteiger partial charge in [-0.2, -0.15) is 5.10 Å². The van der Waals surface area contributed by atoms with E-state index >= 15 is 0 Å². The predicted octanol–water partition coefficient (Wildman–Crippen LogP) is 2.71. The average Bonchev–Trinajstić information content (AvgIpc) is 3.33. The molecule has 0 atom stereocenters. The van der Waals surface area contributed by atoms with Crippen LogP contribution in [-0.4, -0.2) is 34.1 Å². The average molecular weight is 321 g/mol. The Morgan fingerprint density at radius 3 is 3.04 bits per heavy atom. The number of hydrogen-bond donors (Lipinski definition) is 1. The lowest BCUT2D eigenvalue weighted by molar-refractivity contribution is 0.737. The lowest BCUT2D eigenvalue weighted by atomic mass is 10.2. The van der Waals surface area contributed by atoms with Gasteiger partial charge in [0.05, 0.1) is 18.4 Å². The van der Waals surface area contributed by atoms with Crippen molar-refractivity contribution in [2.75, 3.05) is 0 Å². The maximum absolute atomic E-state index is 4.49. The minimum Gasteiger partial charge on any atom is -0.339 e. The summed E-state index contributed by atoms with van der Waals surface area (Å²) in [5.74, 6) is 1.89. The van der Waals surface area contributed by atoms with Crippen molar-refractivity contribution in [1.29, 1.82) is 0 Å². The normalized spacial score (nSPS) is 11.4. The Morgan fingerprint density at radius 1 is 1.17 bits per heavy atom. The van der Waals surface area contributed by atoms with Crippen molar-refractivity contribution in [2.45, 2.75) is 32.7 Å². The van der Waals surface area contributed by atoms with E-state index in [1.165, 1.54) is 0 Å². The van der Waals surface area contributed by atoms with E-state index in [-0.39, 0.29) is 0 Å². The van der Waals surface area contributed by atoms with Gasteiger partial charge >= 0.3 is 0 Å². The van der Waals surface area contributed by atoms with Crippen molar-refractivity contribution < 1.29 is 0 Å². The number of hydrogen-bond acceptors (Lipinski definition) is 4. The topological polar surface area (TPSA) is 76.7 Å². The lowest BCUT2D eigenvalue weighted by Crippen LogP contribution is -2.06. The number of imidazole rings is 2. The SMILES string of the molecule is CCCCc1ncc(-c2nccn2Cc2cccc3ncnn23)[nH]1. The number of aromatic amines is 1. The number of pyridine rings is 1. The number of unbranched alkanes of at least 4 members (excludes halogenated alkanes) is 1. The summed E-state index contributed by atoms with van der Waals surface area (Å²) in [4.78, 5) is 16.6. The van der Waals surface area contributed by atoms with Gasteiger partial charge in [-0.3, -0.25) is 0 Å². The third-order valence-corrected chi connectivity index (χ3v) is 4.06. The second-order valence-corrected chi connectivity index (χ2v) is 5.77. The Labute approximate surface area is 139 Å². The van der Waals surface area contributed by atoms with Crippen molar-refractivity contribution >= 4 is 5.65 Å². The van der Waals surface area contributed by atoms with Crippen LogP contribution in [0, 0.1) is 0 Å². The minimum atomic E-state index is 0.666. The first-order valence-corrected chi connectivity index (χ1v) is 8.18. The molecule has 0 radical (unpaired) electrons. The zero-order valence-electron chi connectivity index (χ0n) is 13.6. The van der Waals surface area contributed by atoms with Crippen LogP contribution < -0.4 is 0 Å². The first-order valence-electron chi connectivity index (χ1n) is 8.18. The third kappa shape index (κ3) is 2.68. The van der Waals surface area contributed by atoms with Crippen LogP contribution in [0.2, 0.25) is 0 Å². The predicted molar refractivity (Wildman–Crippen MR) is 90.5 cm³/mol. The Balaban J connectivity index is 1.63. The van der Waals surface area contributed by atoms with Gasteiger partial charge in [0.1, 0.15) is 17.8 Å². The van der Waals surface area contributed by atoms with E-state index in [4.69, 9.17) is 0 Å². The summed E-state index contributed by atoms with van der Waals surface area (Å²) in [6.07, 6.45) is 10.5. The Kier molecular flexibility index (Phi) is 3.82. The highest BCUT2D eigenvalue weighted by molar-refractivity contribution is 5.49. The smallest absolute Gasteiger partial charge is 0.158 e. The third-order valence-electron chi connectivity index (χ3n) is 4.06. The van der Waals surface area contributed by atoms with Crippen LogP contribution in [0.25, 0.3) is 17.2 Å². The Hall–Kier alpha value is -2.96. The highest BCUT2D eigenvalue weighted by Gasteiger charge is 2.11. The minimum absolute atomic E-state index is 0.666. The molecule has 0 saturated carbocycles. The van der Waals surface area contributed by atoms with Crippen LogP contribution in [0.1, 0.15) is 31.3 Å². The summed E-state index contributed by atoms with van der Waals surface area (Å²) in [5, 5.41) is 4.29. The van der Waals surface area contributed by atoms with Crippen molar-refractivity contribution in [3.63, 3.8) is 0 Å². The molecule has 4 aromatic heterocycles. The van der Waals surface area contributed by atoms with E-state index in [0.717, 1.165) is 47.9 Å². The van der Waals surface area contributed by atoms with E-state index in [9.17, 15) is 0 Å². The molecule has 122 valence electrons. The van der Waals surface area contributed by atoms with Gasteiger partial charge in [0.25, 0.3) is 0 Å². The summed E-state index contributed by atoms with van der Waals surface area (Å²) < 4.78 is 3.94. The van der Waals surface area contributed by atoms with Crippen molar-refractivity contribution in [3.8, 4) is 11.5 Å². The second kappa shape index (κ2) is 6.27. The summed E-state index contributed by atoms with van der Waals surface area (Å²) in [7, 11) is 0. The Morgan fingerprint density at radius 2 is 2.12 bits per heavy atom. The van der Waals surface area contributed by atoms with Gasteiger partial charge in [-0.25, -0.2) is 19.5 Å². The van der Waals surface area contributed by atoms with E-state index in [1.54, 1.807) is 6.33 Å². The highest BCUT2D eigenvalue weighted by Crippen LogP contribution is 2.17. The van der Waals surface area contributed by atoms with Crippen LogP contribution >= 0.6 is 0 Å². The molecule has 0 saturated heterocycles. The number of nitrogens with zero attached hydrogens (tertiary/aromatic N) is 6. The summed E-state index contributed by atoms with van der Waals surface area (Å²) in [5.41, 5.74) is 2.84. The quantitative estimate of drug-likeness (QED) is 0.592. The first-order chi connectivity index (χ1) is 11.8. The van der Waals surface area contributed by atoms with E-state index in [0.29, 0.717) is 6.54 Å². The van der Waals surface area contributed by atoms with Gasteiger partial charge in [-0.15, -0.1) is 0 Å². The van der Waals surface area contributed by atoms with Crippen molar-refractivity contribution in [2.24, 2.45) is 0 Å². The fourth-order valence-corrected chi connectivity index (χ4v) is 2.82. The van der Waals surface area contributed by atoms with Gasteiger partial charge in [0.15, 0.2) is 11.5 Å². The maximum Gasteiger partial charge on any atom is 0.158 e. The number of H-pyrrole nitrogens is 1. The fourth-order valence-electron chi connectivity index (χ4n) is 2.82. The molecule has 1 N–H and O–H groups in total. The summed E-state index contributed by atoms with van der Waals surface area (Å²) in [6, 6.07) is 5.99. The molecule has 4 heterocycles. The molecule has 0 fully saturated rings. The number of aromatic nitrogens is 7. The number of rotatable bonds is 6. The molecule has 24 heavy (non-hydrogen) atoms. The van der Waals surface area contributed by atoms with Crippen LogP contribution in [0.15, 0.2) is 43.1 Å². The molecule has 0 aliphatic rings. The zero-order valence-corrected chi connectivity index (χ0v) is 13.6. The molecular formula is C17H19N7. The molecule has 0 aliphatic heterocycles. The van der Waals surface area contributed by atoms with Crippen LogP contribution in [-0.2, 0) is 13.0 Å². The number of aryl methyl sites for hydroxylation is 1. The molecule has 0 bridgehead atoms. The molecule has 4 aromatic rings. The van der Waals surface area contributed by atoms with E-state index in [1.807, 2.05) is 41.3 Å². The molecule has 4 rings (SSSR count). The number of nitrogens with one attached hydrogen (secondary N) is 1. The molecule has 0 unspecified atom stereocenters. The number of fused-ring (bicyclic) bond motifs is 1. The monoisotopic (exact) mass is 321 g/mol. The maximum atomic E-state index is 4.49. The zero-order chi connectivity index (χ0) is 16.4. The van der Waals surface area contributed by atoms with Gasteiger partial charge in [0, 0.05) is 18.8 Å². The fraction of sp³-hybridized carbons (Fsp3) is 0.294. The highest BCUT2D eigenvalue weighted by atomic mass is 15.3.